The average molecular weight is 140 g/mol. The molecule has 1 heteroatoms. The van der Waals surface area contributed by atoms with Crippen molar-refractivity contribution < 1.29 is 5.11 Å². The number of aliphatic hydroxyl groups is 1. The van der Waals surface area contributed by atoms with E-state index in [1.165, 1.54) is 25.7 Å². The molecule has 1 aliphatic rings. The molecule has 0 aromatic heterocycles. The van der Waals surface area contributed by atoms with Crippen LogP contribution in [0.3, 0.4) is 0 Å². The Morgan fingerprint density at radius 2 is 1.90 bits per heavy atom. The molecule has 0 fully saturated rings. The van der Waals surface area contributed by atoms with Gasteiger partial charge in [0.15, 0.2) is 0 Å². The van der Waals surface area contributed by atoms with Crippen LogP contribution in [0, 0.1) is 0 Å². The van der Waals surface area contributed by atoms with Crippen LogP contribution in [0.2, 0.25) is 0 Å². The molecule has 10 heavy (non-hydrogen) atoms. The van der Waals surface area contributed by atoms with Crippen LogP contribution in [0.25, 0.3) is 0 Å². The fourth-order valence-corrected chi connectivity index (χ4v) is 1.32. The lowest BCUT2D eigenvalue weighted by molar-refractivity contribution is 0.208. The highest BCUT2D eigenvalue weighted by molar-refractivity contribution is 4.89. The van der Waals surface area contributed by atoms with Gasteiger partial charge in [0, 0.05) is 0 Å². The highest BCUT2D eigenvalue weighted by atomic mass is 16.3. The van der Waals surface area contributed by atoms with Crippen molar-refractivity contribution in [3.05, 3.63) is 12.2 Å². The van der Waals surface area contributed by atoms with Crippen molar-refractivity contribution in [1.82, 2.24) is 0 Å². The van der Waals surface area contributed by atoms with Crippen molar-refractivity contribution in [2.24, 2.45) is 0 Å². The average Bonchev–Trinajstić information content (AvgIpc) is 2.02. The highest BCUT2D eigenvalue weighted by Crippen LogP contribution is 2.11. The fraction of sp³-hybridized carbons (Fsp3) is 0.778. The normalized spacial score (nSPS) is 31.9. The van der Waals surface area contributed by atoms with E-state index in [1.807, 2.05) is 6.08 Å². The third-order valence-corrected chi connectivity index (χ3v) is 1.98. The molecule has 0 aromatic rings. The molecule has 0 amide bonds. The number of allylic oxidation sites excluding steroid dienone is 1. The maximum atomic E-state index is 9.25. The molecule has 58 valence electrons. The molecule has 1 nitrogen and oxygen atoms in total. The molecule has 0 saturated carbocycles. The van der Waals surface area contributed by atoms with Crippen LogP contribution in [0.5, 0.6) is 0 Å². The molecule has 1 N–H and O–H groups in total. The molecule has 0 aliphatic heterocycles. The Hall–Kier alpha value is -0.300. The van der Waals surface area contributed by atoms with Crippen LogP contribution in [-0.2, 0) is 0 Å². The minimum atomic E-state index is -0.168. The first kappa shape index (κ1) is 7.80. The van der Waals surface area contributed by atoms with Crippen molar-refractivity contribution in [3.8, 4) is 0 Å². The first-order chi connectivity index (χ1) is 4.89. The summed E-state index contributed by atoms with van der Waals surface area (Å²) in [5.41, 5.74) is 0. The summed E-state index contributed by atoms with van der Waals surface area (Å²) in [5, 5.41) is 9.25. The molecular formula is C9H16O. The van der Waals surface area contributed by atoms with E-state index in [0.29, 0.717) is 0 Å². The van der Waals surface area contributed by atoms with Gasteiger partial charge in [-0.05, 0) is 19.3 Å². The molecular weight excluding hydrogens is 124 g/mol. The molecule has 0 radical (unpaired) electrons. The zero-order valence-corrected chi connectivity index (χ0v) is 6.42. The maximum Gasteiger partial charge on any atom is 0.0720 e. The maximum absolute atomic E-state index is 9.25. The Bertz CT molecular complexity index is 107. The van der Waals surface area contributed by atoms with E-state index in [9.17, 15) is 5.11 Å². The van der Waals surface area contributed by atoms with E-state index in [4.69, 9.17) is 0 Å². The van der Waals surface area contributed by atoms with Gasteiger partial charge >= 0.3 is 0 Å². The smallest absolute Gasteiger partial charge is 0.0720 e. The molecule has 0 bridgehead atoms. The molecule has 0 spiro atoms. The predicted octanol–water partition coefficient (Wildman–Crippen LogP) is 2.26. The summed E-state index contributed by atoms with van der Waals surface area (Å²) >= 11 is 0. The third-order valence-electron chi connectivity index (χ3n) is 1.98. The van der Waals surface area contributed by atoms with Gasteiger partial charge in [0.25, 0.3) is 0 Å². The molecule has 1 aliphatic carbocycles. The second-order valence-electron chi connectivity index (χ2n) is 2.99. The molecule has 1 rings (SSSR count). The lowest BCUT2D eigenvalue weighted by atomic mass is 10.1. The SMILES string of the molecule is O[C@H]1/C=C\CCCCCC1. The van der Waals surface area contributed by atoms with Gasteiger partial charge in [0.1, 0.15) is 0 Å². The quantitative estimate of drug-likeness (QED) is 0.512. The van der Waals surface area contributed by atoms with Crippen molar-refractivity contribution in [3.63, 3.8) is 0 Å². The summed E-state index contributed by atoms with van der Waals surface area (Å²) in [4.78, 5) is 0. The van der Waals surface area contributed by atoms with E-state index in [2.05, 4.69) is 6.08 Å². The second kappa shape index (κ2) is 4.51. The van der Waals surface area contributed by atoms with Crippen LogP contribution in [-0.4, -0.2) is 11.2 Å². The van der Waals surface area contributed by atoms with Crippen LogP contribution >= 0.6 is 0 Å². The Kier molecular flexibility index (Phi) is 3.52. The van der Waals surface area contributed by atoms with Crippen molar-refractivity contribution in [1.29, 1.82) is 0 Å². The lowest BCUT2D eigenvalue weighted by Crippen LogP contribution is -2.00. The van der Waals surface area contributed by atoms with Crippen molar-refractivity contribution >= 4 is 0 Å². The summed E-state index contributed by atoms with van der Waals surface area (Å²) in [5.74, 6) is 0. The Morgan fingerprint density at radius 1 is 1.10 bits per heavy atom. The largest absolute Gasteiger partial charge is 0.389 e. The topological polar surface area (TPSA) is 20.2 Å². The van der Waals surface area contributed by atoms with Gasteiger partial charge in [-0.3, -0.25) is 0 Å². The Morgan fingerprint density at radius 3 is 2.80 bits per heavy atom. The second-order valence-corrected chi connectivity index (χ2v) is 2.99. The number of hydrogen-bond donors (Lipinski definition) is 1. The lowest BCUT2D eigenvalue weighted by Gasteiger charge is -2.01. The number of rotatable bonds is 0. The first-order valence-electron chi connectivity index (χ1n) is 4.24. The number of hydrogen-bond acceptors (Lipinski definition) is 1. The Labute approximate surface area is 62.8 Å². The monoisotopic (exact) mass is 140 g/mol. The third kappa shape index (κ3) is 3.02. The van der Waals surface area contributed by atoms with Gasteiger partial charge in [-0.25, -0.2) is 0 Å². The summed E-state index contributed by atoms with van der Waals surface area (Å²) in [6, 6.07) is 0. The predicted molar refractivity (Wildman–Crippen MR) is 42.8 cm³/mol. The molecule has 0 saturated heterocycles. The van der Waals surface area contributed by atoms with E-state index < -0.39 is 0 Å². The van der Waals surface area contributed by atoms with Crippen LogP contribution in [0.1, 0.15) is 38.5 Å². The summed E-state index contributed by atoms with van der Waals surface area (Å²) in [7, 11) is 0. The van der Waals surface area contributed by atoms with E-state index in [0.717, 1.165) is 12.8 Å². The van der Waals surface area contributed by atoms with Crippen LogP contribution < -0.4 is 0 Å². The van der Waals surface area contributed by atoms with Crippen molar-refractivity contribution in [2.45, 2.75) is 44.6 Å². The minimum Gasteiger partial charge on any atom is -0.389 e. The highest BCUT2D eigenvalue weighted by Gasteiger charge is 2.00. The summed E-state index contributed by atoms with van der Waals surface area (Å²) in [6.45, 7) is 0. The minimum absolute atomic E-state index is 0.168. The Balaban J connectivity index is 2.28. The molecule has 1 atom stereocenters. The van der Waals surface area contributed by atoms with Gasteiger partial charge in [-0.1, -0.05) is 31.4 Å². The fourth-order valence-electron chi connectivity index (χ4n) is 1.32. The first-order valence-corrected chi connectivity index (χ1v) is 4.24. The van der Waals surface area contributed by atoms with Gasteiger partial charge in [0.05, 0.1) is 6.10 Å². The zero-order valence-electron chi connectivity index (χ0n) is 6.42. The van der Waals surface area contributed by atoms with Crippen LogP contribution in [0.4, 0.5) is 0 Å². The molecule has 0 heterocycles. The van der Waals surface area contributed by atoms with Gasteiger partial charge in [-0.15, -0.1) is 0 Å². The molecule has 0 aromatic carbocycles. The van der Waals surface area contributed by atoms with Gasteiger partial charge in [-0.2, -0.15) is 0 Å². The van der Waals surface area contributed by atoms with E-state index in [1.54, 1.807) is 0 Å². The van der Waals surface area contributed by atoms with Crippen LogP contribution in [0.15, 0.2) is 12.2 Å². The zero-order chi connectivity index (χ0) is 7.23. The van der Waals surface area contributed by atoms with E-state index >= 15 is 0 Å². The van der Waals surface area contributed by atoms with Gasteiger partial charge in [0.2, 0.25) is 0 Å². The number of aliphatic hydroxyl groups excluding tert-OH is 1. The van der Waals surface area contributed by atoms with Gasteiger partial charge < -0.3 is 5.11 Å². The van der Waals surface area contributed by atoms with E-state index in [-0.39, 0.29) is 6.10 Å². The summed E-state index contributed by atoms with van der Waals surface area (Å²) < 4.78 is 0. The summed E-state index contributed by atoms with van der Waals surface area (Å²) in [6.07, 6.45) is 11.1. The van der Waals surface area contributed by atoms with Crippen molar-refractivity contribution in [2.75, 3.05) is 0 Å². The molecule has 0 unspecified atom stereocenters. The standard InChI is InChI=1S/C9H16O/c10-9-7-5-3-1-2-4-6-8-9/h5,7,9-10H,1-4,6,8H2/b7-5-/t9-/m0/s1.